The largest absolute Gasteiger partial charge is 0.352 e. The molecule has 0 bridgehead atoms. The van der Waals surface area contributed by atoms with E-state index in [9.17, 15) is 18.0 Å². The molecule has 1 aliphatic rings. The van der Waals surface area contributed by atoms with Crippen molar-refractivity contribution >= 4 is 39.1 Å². The topological polar surface area (TPSA) is 86.8 Å². The van der Waals surface area contributed by atoms with Crippen molar-refractivity contribution in [2.75, 3.05) is 17.1 Å². The van der Waals surface area contributed by atoms with Crippen molar-refractivity contribution in [1.82, 2.24) is 10.2 Å². The molecule has 7 nitrogen and oxygen atoms in total. The molecule has 1 N–H and O–H groups in total. The van der Waals surface area contributed by atoms with Crippen LogP contribution in [0.1, 0.15) is 61.6 Å². The number of aryl methyl sites for hydroxylation is 1. The molecule has 9 heteroatoms. The zero-order chi connectivity index (χ0) is 30.8. The van der Waals surface area contributed by atoms with Crippen LogP contribution in [0.2, 0.25) is 5.02 Å². The van der Waals surface area contributed by atoms with Crippen molar-refractivity contribution in [3.63, 3.8) is 0 Å². The van der Waals surface area contributed by atoms with E-state index in [0.29, 0.717) is 23.6 Å². The fourth-order valence-corrected chi connectivity index (χ4v) is 6.69. The molecule has 0 saturated heterocycles. The predicted octanol–water partition coefficient (Wildman–Crippen LogP) is 6.28. The monoisotopic (exact) mass is 623 g/mol. The van der Waals surface area contributed by atoms with E-state index in [1.54, 1.807) is 29.2 Å². The smallest absolute Gasteiger partial charge is 0.243 e. The Hall–Kier alpha value is -3.36. The Labute approximate surface area is 261 Å². The lowest BCUT2D eigenvalue weighted by atomic mass is 9.94. The Morgan fingerprint density at radius 3 is 2.19 bits per heavy atom. The normalized spacial score (nSPS) is 14.6. The molecular weight excluding hydrogens is 582 g/mol. The van der Waals surface area contributed by atoms with Gasteiger partial charge in [0.15, 0.2) is 0 Å². The number of anilines is 1. The molecule has 2 amide bonds. The maximum Gasteiger partial charge on any atom is 0.243 e. The first-order valence-corrected chi connectivity index (χ1v) is 17.3. The van der Waals surface area contributed by atoms with E-state index >= 15 is 0 Å². The number of rotatable bonds is 13. The molecule has 0 spiro atoms. The van der Waals surface area contributed by atoms with Gasteiger partial charge in [-0.15, -0.1) is 0 Å². The van der Waals surface area contributed by atoms with Crippen LogP contribution >= 0.6 is 11.6 Å². The highest BCUT2D eigenvalue weighted by Crippen LogP contribution is 2.23. The van der Waals surface area contributed by atoms with Gasteiger partial charge in [0.1, 0.15) is 6.04 Å². The van der Waals surface area contributed by atoms with Gasteiger partial charge in [-0.3, -0.25) is 13.9 Å². The molecule has 0 aliphatic heterocycles. The van der Waals surface area contributed by atoms with Crippen LogP contribution in [0.5, 0.6) is 0 Å². The van der Waals surface area contributed by atoms with E-state index in [1.807, 2.05) is 61.5 Å². The molecule has 1 saturated carbocycles. The van der Waals surface area contributed by atoms with Gasteiger partial charge in [-0.1, -0.05) is 91.0 Å². The van der Waals surface area contributed by atoms with Gasteiger partial charge < -0.3 is 10.2 Å². The van der Waals surface area contributed by atoms with E-state index in [0.717, 1.165) is 48.6 Å². The van der Waals surface area contributed by atoms with E-state index in [4.69, 9.17) is 11.6 Å². The summed E-state index contributed by atoms with van der Waals surface area (Å²) in [4.78, 5) is 29.6. The number of nitrogens with zero attached hydrogens (tertiary/aromatic N) is 2. The molecule has 1 atom stereocenters. The van der Waals surface area contributed by atoms with Gasteiger partial charge >= 0.3 is 0 Å². The van der Waals surface area contributed by atoms with E-state index in [-0.39, 0.29) is 37.4 Å². The predicted molar refractivity (Wildman–Crippen MR) is 174 cm³/mol. The highest BCUT2D eigenvalue weighted by Gasteiger charge is 2.32. The summed E-state index contributed by atoms with van der Waals surface area (Å²) in [6.45, 7) is 2.42. The summed E-state index contributed by atoms with van der Waals surface area (Å²) in [5.41, 5.74) is 3.51. The summed E-state index contributed by atoms with van der Waals surface area (Å²) in [7, 11) is -3.59. The van der Waals surface area contributed by atoms with Crippen LogP contribution < -0.4 is 9.62 Å². The minimum atomic E-state index is -3.59. The van der Waals surface area contributed by atoms with Crippen LogP contribution in [-0.4, -0.2) is 50.0 Å². The standard InChI is InChI=1S/C34H42ClN3O4S/c1-26-15-17-28(18-16-26)25-37(33(39)14-9-23-38(43(2,41)42)31-21-19-29(35)20-22-31)32(24-27-10-5-3-6-11-27)34(40)36-30-12-7-4-8-13-30/h3,5-6,10-11,15-22,30,32H,4,7-9,12-14,23-25H2,1-2H3,(H,36,40)/t32-/m0/s1. The highest BCUT2D eigenvalue weighted by molar-refractivity contribution is 7.92. The van der Waals surface area contributed by atoms with Crippen molar-refractivity contribution in [2.24, 2.45) is 0 Å². The van der Waals surface area contributed by atoms with Crippen LogP contribution in [0.4, 0.5) is 5.69 Å². The molecule has 1 aliphatic carbocycles. The fraction of sp³-hybridized carbons (Fsp3) is 0.412. The van der Waals surface area contributed by atoms with Gasteiger partial charge in [0.05, 0.1) is 11.9 Å². The van der Waals surface area contributed by atoms with Crippen molar-refractivity contribution in [1.29, 1.82) is 0 Å². The molecule has 3 aromatic rings. The number of carbonyl (C=O) groups excluding carboxylic acids is 2. The Kier molecular flexibility index (Phi) is 11.7. The van der Waals surface area contributed by atoms with Gasteiger partial charge in [0.25, 0.3) is 0 Å². The summed E-state index contributed by atoms with van der Waals surface area (Å²) >= 11 is 6.01. The second-order valence-corrected chi connectivity index (χ2v) is 13.8. The van der Waals surface area contributed by atoms with Gasteiger partial charge in [-0.25, -0.2) is 8.42 Å². The summed E-state index contributed by atoms with van der Waals surface area (Å²) < 4.78 is 26.5. The number of sulfonamides is 1. The number of benzene rings is 3. The number of carbonyl (C=O) groups is 2. The maximum atomic E-state index is 14.0. The SMILES string of the molecule is Cc1ccc(CN(C(=O)CCCN(c2ccc(Cl)cc2)S(C)(=O)=O)[C@@H](Cc2ccccc2)C(=O)NC2CCCCC2)cc1. The van der Waals surface area contributed by atoms with Crippen molar-refractivity contribution in [3.05, 3.63) is 101 Å². The average molecular weight is 624 g/mol. The van der Waals surface area contributed by atoms with E-state index < -0.39 is 16.1 Å². The third-order valence-electron chi connectivity index (χ3n) is 7.96. The van der Waals surface area contributed by atoms with Gasteiger partial charge in [0, 0.05) is 37.0 Å². The number of halogens is 1. The molecule has 0 unspecified atom stereocenters. The van der Waals surface area contributed by atoms with Crippen molar-refractivity contribution < 1.29 is 18.0 Å². The van der Waals surface area contributed by atoms with Crippen molar-refractivity contribution in [3.8, 4) is 0 Å². The van der Waals surface area contributed by atoms with Crippen LogP contribution in [0.25, 0.3) is 0 Å². The average Bonchev–Trinajstić information content (AvgIpc) is 2.99. The lowest BCUT2D eigenvalue weighted by molar-refractivity contribution is -0.141. The molecule has 0 aromatic heterocycles. The third kappa shape index (κ3) is 9.83. The van der Waals surface area contributed by atoms with Crippen LogP contribution in [0, 0.1) is 6.92 Å². The highest BCUT2D eigenvalue weighted by atomic mass is 35.5. The number of hydrogen-bond donors (Lipinski definition) is 1. The quantitative estimate of drug-likeness (QED) is 0.243. The fourth-order valence-electron chi connectivity index (χ4n) is 5.60. The van der Waals surface area contributed by atoms with Gasteiger partial charge in [0.2, 0.25) is 21.8 Å². The van der Waals surface area contributed by atoms with E-state index in [2.05, 4.69) is 5.32 Å². The minimum absolute atomic E-state index is 0.0907. The number of nitrogens with one attached hydrogen (secondary N) is 1. The zero-order valence-electron chi connectivity index (χ0n) is 25.0. The molecular formula is C34H42ClN3O4S. The minimum Gasteiger partial charge on any atom is -0.352 e. The number of hydrogen-bond acceptors (Lipinski definition) is 4. The Bertz CT molecular complexity index is 1440. The molecule has 230 valence electrons. The summed E-state index contributed by atoms with van der Waals surface area (Å²) in [5, 5.41) is 3.77. The first-order valence-electron chi connectivity index (χ1n) is 15.0. The first kappa shape index (κ1) is 32.6. The summed E-state index contributed by atoms with van der Waals surface area (Å²) in [6, 6.07) is 23.7. The Morgan fingerprint density at radius 2 is 1.56 bits per heavy atom. The van der Waals surface area contributed by atoms with Crippen molar-refractivity contribution in [2.45, 2.75) is 76.9 Å². The molecule has 0 heterocycles. The van der Waals surface area contributed by atoms with Gasteiger partial charge in [-0.05, 0) is 61.6 Å². The maximum absolute atomic E-state index is 14.0. The van der Waals surface area contributed by atoms with Gasteiger partial charge in [-0.2, -0.15) is 0 Å². The van der Waals surface area contributed by atoms with Crippen LogP contribution in [0.3, 0.4) is 0 Å². The van der Waals surface area contributed by atoms with Crippen LogP contribution in [0.15, 0.2) is 78.9 Å². The second kappa shape index (κ2) is 15.4. The molecule has 43 heavy (non-hydrogen) atoms. The Morgan fingerprint density at radius 1 is 0.907 bits per heavy atom. The second-order valence-electron chi connectivity index (χ2n) is 11.5. The molecule has 0 radical (unpaired) electrons. The number of amides is 2. The molecule has 1 fully saturated rings. The third-order valence-corrected chi connectivity index (χ3v) is 9.41. The lowest BCUT2D eigenvalue weighted by Gasteiger charge is -2.34. The van der Waals surface area contributed by atoms with E-state index in [1.165, 1.54) is 10.7 Å². The molecule has 4 rings (SSSR count). The molecule has 3 aromatic carbocycles. The first-order chi connectivity index (χ1) is 20.6. The van der Waals surface area contributed by atoms with Crippen LogP contribution in [-0.2, 0) is 32.6 Å². The lowest BCUT2D eigenvalue weighted by Crippen LogP contribution is -2.52. The Balaban J connectivity index is 1.58. The summed E-state index contributed by atoms with van der Waals surface area (Å²) in [5.74, 6) is -0.333. The zero-order valence-corrected chi connectivity index (χ0v) is 26.6. The summed E-state index contributed by atoms with van der Waals surface area (Å²) in [6.07, 6.45) is 7.17.